The Bertz CT molecular complexity index is 1070. The van der Waals surface area contributed by atoms with Crippen LogP contribution in [0.25, 0.3) is 10.9 Å². The van der Waals surface area contributed by atoms with Gasteiger partial charge in [0.1, 0.15) is 0 Å². The monoisotopic (exact) mass is 385 g/mol. The summed E-state index contributed by atoms with van der Waals surface area (Å²) in [5.74, 6) is 0. The van der Waals surface area contributed by atoms with E-state index in [0.29, 0.717) is 11.4 Å². The first-order chi connectivity index (χ1) is 12.7. The Balaban J connectivity index is 1.91. The lowest BCUT2D eigenvalue weighted by Gasteiger charge is -2.24. The van der Waals surface area contributed by atoms with Crippen molar-refractivity contribution in [3.63, 3.8) is 0 Å². The zero-order valence-corrected chi connectivity index (χ0v) is 17.3. The quantitative estimate of drug-likeness (QED) is 0.708. The minimum Gasteiger partial charge on any atom is -0.350 e. The number of aryl methyl sites for hydroxylation is 3. The van der Waals surface area contributed by atoms with E-state index in [1.165, 1.54) is 0 Å². The predicted molar refractivity (Wildman–Crippen MR) is 110 cm³/mol. The molecule has 27 heavy (non-hydrogen) atoms. The fraction of sp³-hybridized carbons (Fsp3) is 0.333. The largest absolute Gasteiger partial charge is 0.350 e. The second-order valence-corrected chi connectivity index (χ2v) is 9.05. The van der Waals surface area contributed by atoms with Crippen molar-refractivity contribution in [2.24, 2.45) is 7.05 Å². The molecule has 0 aliphatic rings. The molecule has 5 nitrogen and oxygen atoms in total. The fourth-order valence-corrected chi connectivity index (χ4v) is 4.84. The number of hydrogen-bond donors (Lipinski definition) is 1. The van der Waals surface area contributed by atoms with Gasteiger partial charge in [0, 0.05) is 36.7 Å². The van der Waals surface area contributed by atoms with E-state index in [1.54, 1.807) is 6.07 Å². The maximum absolute atomic E-state index is 12.9. The molecule has 0 saturated heterocycles. The summed E-state index contributed by atoms with van der Waals surface area (Å²) < 4.78 is 30.6. The van der Waals surface area contributed by atoms with Crippen LogP contribution >= 0.6 is 0 Å². The molecule has 0 unspecified atom stereocenters. The van der Waals surface area contributed by atoms with Gasteiger partial charge in [0.2, 0.25) is 10.0 Å². The van der Waals surface area contributed by atoms with Gasteiger partial charge in [0.15, 0.2) is 0 Å². The molecule has 1 N–H and O–H groups in total. The van der Waals surface area contributed by atoms with E-state index in [4.69, 9.17) is 0 Å². The Morgan fingerprint density at radius 3 is 2.48 bits per heavy atom. The van der Waals surface area contributed by atoms with Crippen LogP contribution in [0.1, 0.15) is 22.7 Å². The van der Waals surface area contributed by atoms with Crippen LogP contribution in [0.15, 0.2) is 53.6 Å². The van der Waals surface area contributed by atoms with E-state index in [1.807, 2.05) is 64.2 Å². The molecule has 0 bridgehead atoms. The number of aromatic nitrogens is 1. The molecule has 0 aliphatic carbocycles. The van der Waals surface area contributed by atoms with Crippen molar-refractivity contribution in [3.05, 3.63) is 65.4 Å². The van der Waals surface area contributed by atoms with Gasteiger partial charge < -0.3 is 9.47 Å². The second-order valence-electron chi connectivity index (χ2n) is 7.31. The Morgan fingerprint density at radius 1 is 1.11 bits per heavy atom. The summed E-state index contributed by atoms with van der Waals surface area (Å²) in [5.41, 5.74) is 4.06. The molecule has 0 amide bonds. The normalized spacial score (nSPS) is 13.4. The highest BCUT2D eigenvalue weighted by Gasteiger charge is 2.23. The SMILES string of the molecule is Cc1ccc(S(=O)(=O)NC[C@H](c2cn(C)c3ccccc23)N(C)C)c(C)c1. The zero-order valence-electron chi connectivity index (χ0n) is 16.5. The molecule has 0 saturated carbocycles. The minimum absolute atomic E-state index is 0.0726. The van der Waals surface area contributed by atoms with Crippen molar-refractivity contribution in [1.82, 2.24) is 14.2 Å². The van der Waals surface area contributed by atoms with Crippen molar-refractivity contribution >= 4 is 20.9 Å². The summed E-state index contributed by atoms with van der Waals surface area (Å²) in [4.78, 5) is 2.38. The number of nitrogens with zero attached hydrogens (tertiary/aromatic N) is 2. The number of fused-ring (bicyclic) bond motifs is 1. The van der Waals surface area contributed by atoms with Gasteiger partial charge in [0.05, 0.1) is 4.90 Å². The van der Waals surface area contributed by atoms with E-state index < -0.39 is 10.0 Å². The minimum atomic E-state index is -3.57. The number of benzene rings is 2. The van der Waals surface area contributed by atoms with E-state index in [9.17, 15) is 8.42 Å². The van der Waals surface area contributed by atoms with Gasteiger partial charge in [-0.3, -0.25) is 0 Å². The van der Waals surface area contributed by atoms with Crippen molar-refractivity contribution in [1.29, 1.82) is 0 Å². The summed E-state index contributed by atoms with van der Waals surface area (Å²) in [7, 11) is 2.38. The average molecular weight is 386 g/mol. The molecule has 2 aromatic carbocycles. The Morgan fingerprint density at radius 2 is 1.81 bits per heavy atom. The summed E-state index contributed by atoms with van der Waals surface area (Å²) in [6.45, 7) is 4.09. The summed E-state index contributed by atoms with van der Waals surface area (Å²) in [6.07, 6.45) is 2.08. The number of likely N-dealkylation sites (N-methyl/N-ethyl adjacent to an activating group) is 1. The lowest BCUT2D eigenvalue weighted by molar-refractivity contribution is 0.301. The van der Waals surface area contributed by atoms with Crippen LogP contribution in [-0.4, -0.2) is 38.5 Å². The molecule has 0 aliphatic heterocycles. The molecule has 0 radical (unpaired) electrons. The van der Waals surface area contributed by atoms with E-state index in [2.05, 4.69) is 27.6 Å². The van der Waals surface area contributed by atoms with Crippen molar-refractivity contribution in [3.8, 4) is 0 Å². The van der Waals surface area contributed by atoms with Crippen molar-refractivity contribution in [2.45, 2.75) is 24.8 Å². The molecule has 0 spiro atoms. The van der Waals surface area contributed by atoms with Gasteiger partial charge in [-0.15, -0.1) is 0 Å². The first-order valence-corrected chi connectivity index (χ1v) is 10.5. The fourth-order valence-electron chi connectivity index (χ4n) is 3.58. The van der Waals surface area contributed by atoms with E-state index in [0.717, 1.165) is 27.6 Å². The molecule has 6 heteroatoms. The number of nitrogens with one attached hydrogen (secondary N) is 1. The summed E-state index contributed by atoms with van der Waals surface area (Å²) in [6, 6.07) is 13.5. The highest BCUT2D eigenvalue weighted by molar-refractivity contribution is 7.89. The molecule has 1 atom stereocenters. The molecular formula is C21H27N3O2S. The van der Waals surface area contributed by atoms with Gasteiger partial charge in [0.25, 0.3) is 0 Å². The van der Waals surface area contributed by atoms with Crippen molar-refractivity contribution in [2.75, 3.05) is 20.6 Å². The van der Waals surface area contributed by atoms with Crippen LogP contribution in [0.4, 0.5) is 0 Å². The molecule has 1 heterocycles. The van der Waals surface area contributed by atoms with Gasteiger partial charge in [-0.05, 0) is 51.2 Å². The van der Waals surface area contributed by atoms with Crippen LogP contribution in [-0.2, 0) is 17.1 Å². The first-order valence-electron chi connectivity index (χ1n) is 8.98. The van der Waals surface area contributed by atoms with Crippen molar-refractivity contribution < 1.29 is 8.42 Å². The third-order valence-electron chi connectivity index (χ3n) is 5.00. The molecular weight excluding hydrogens is 358 g/mol. The lowest BCUT2D eigenvalue weighted by atomic mass is 10.1. The zero-order chi connectivity index (χ0) is 19.8. The average Bonchev–Trinajstić information content (AvgIpc) is 2.91. The number of para-hydroxylation sites is 1. The molecule has 3 aromatic rings. The van der Waals surface area contributed by atoms with Gasteiger partial charge in [-0.1, -0.05) is 35.9 Å². The Kier molecular flexibility index (Phi) is 5.42. The molecule has 0 fully saturated rings. The predicted octanol–water partition coefficient (Wildman–Crippen LogP) is 3.38. The topological polar surface area (TPSA) is 54.3 Å². The van der Waals surface area contributed by atoms with Crippen LogP contribution in [0.5, 0.6) is 0 Å². The van der Waals surface area contributed by atoms with Gasteiger partial charge in [-0.2, -0.15) is 0 Å². The number of rotatable bonds is 6. The number of sulfonamides is 1. The smallest absolute Gasteiger partial charge is 0.240 e. The number of hydrogen-bond acceptors (Lipinski definition) is 3. The van der Waals surface area contributed by atoms with E-state index in [-0.39, 0.29) is 6.04 Å². The standard InChI is InChI=1S/C21H27N3O2S/c1-15-10-11-21(16(2)12-15)27(25,26)22-13-20(23(3)4)18-14-24(5)19-9-7-6-8-17(18)19/h6-12,14,20,22H,13H2,1-5H3/t20-/m1/s1. The molecule has 144 valence electrons. The van der Waals surface area contributed by atoms with Crippen LogP contribution in [0.3, 0.4) is 0 Å². The third-order valence-corrected chi connectivity index (χ3v) is 6.58. The second kappa shape index (κ2) is 7.46. The van der Waals surface area contributed by atoms with Crippen LogP contribution in [0, 0.1) is 13.8 Å². The summed E-state index contributed by atoms with van der Waals surface area (Å²) in [5, 5.41) is 1.14. The highest BCUT2D eigenvalue weighted by atomic mass is 32.2. The van der Waals surface area contributed by atoms with Gasteiger partial charge >= 0.3 is 0 Å². The van der Waals surface area contributed by atoms with Gasteiger partial charge in [-0.25, -0.2) is 13.1 Å². The highest BCUT2D eigenvalue weighted by Crippen LogP contribution is 2.28. The van der Waals surface area contributed by atoms with Crippen LogP contribution in [0.2, 0.25) is 0 Å². The third kappa shape index (κ3) is 3.93. The lowest BCUT2D eigenvalue weighted by Crippen LogP contribution is -2.34. The molecule has 1 aromatic heterocycles. The maximum atomic E-state index is 12.9. The Labute approximate surface area is 161 Å². The Hall–Kier alpha value is -2.15. The molecule has 3 rings (SSSR count). The van der Waals surface area contributed by atoms with Crippen LogP contribution < -0.4 is 4.72 Å². The first kappa shape index (κ1) is 19.6. The maximum Gasteiger partial charge on any atom is 0.240 e. The summed E-state index contributed by atoms with van der Waals surface area (Å²) >= 11 is 0. The van der Waals surface area contributed by atoms with E-state index >= 15 is 0 Å².